The first kappa shape index (κ1) is 21.3. The molecule has 0 amide bonds. The van der Waals surface area contributed by atoms with Crippen LogP contribution in [0.4, 0.5) is 13.2 Å². The molecule has 31 heavy (non-hydrogen) atoms. The van der Waals surface area contributed by atoms with Crippen molar-refractivity contribution in [3.63, 3.8) is 0 Å². The number of hydrogen-bond acceptors (Lipinski definition) is 0. The zero-order chi connectivity index (χ0) is 22.5. The number of hydrogen-bond donors (Lipinski definition) is 0. The quantitative estimate of drug-likeness (QED) is 0.263. The standard InChI is InChI=1S/C26H25F3NSi/c1-16-20-11-10-19(28)12-23(20)24(29)13-21(16)25-14-22(17-6-8-18(27)9-7-17)26(15-30(25)2)31(3,4)5/h6-15H,1-5H3/q+1. The minimum Gasteiger partial charge on any atom is -0.207 e. The van der Waals surface area contributed by atoms with E-state index in [0.29, 0.717) is 5.39 Å². The Bertz CT molecular complexity index is 1310. The summed E-state index contributed by atoms with van der Waals surface area (Å²) >= 11 is 0. The predicted molar refractivity (Wildman–Crippen MR) is 124 cm³/mol. The third kappa shape index (κ3) is 3.90. The van der Waals surface area contributed by atoms with E-state index in [9.17, 15) is 13.2 Å². The van der Waals surface area contributed by atoms with E-state index in [1.807, 2.05) is 18.5 Å². The van der Waals surface area contributed by atoms with Crippen molar-refractivity contribution < 1.29 is 17.7 Å². The summed E-state index contributed by atoms with van der Waals surface area (Å²) in [5, 5.41) is 2.21. The molecule has 0 aliphatic heterocycles. The Morgan fingerprint density at radius 1 is 0.742 bits per heavy atom. The number of halogens is 3. The van der Waals surface area contributed by atoms with Gasteiger partial charge in [-0.2, -0.15) is 0 Å². The van der Waals surface area contributed by atoms with E-state index in [4.69, 9.17) is 0 Å². The second kappa shape index (κ2) is 7.64. The van der Waals surface area contributed by atoms with E-state index in [0.717, 1.165) is 27.9 Å². The second-order valence-electron chi connectivity index (χ2n) is 9.07. The molecule has 0 spiro atoms. The van der Waals surface area contributed by atoms with Crippen LogP contribution in [0.1, 0.15) is 5.56 Å². The molecule has 1 heterocycles. The van der Waals surface area contributed by atoms with Gasteiger partial charge in [0.25, 0.3) is 0 Å². The molecule has 3 aromatic carbocycles. The van der Waals surface area contributed by atoms with Gasteiger partial charge in [0.2, 0.25) is 5.69 Å². The van der Waals surface area contributed by atoms with Crippen LogP contribution in [0.25, 0.3) is 33.2 Å². The number of pyridine rings is 1. The summed E-state index contributed by atoms with van der Waals surface area (Å²) in [6.07, 6.45) is 2.12. The molecule has 0 unspecified atom stereocenters. The first-order valence-electron chi connectivity index (χ1n) is 10.2. The summed E-state index contributed by atoms with van der Waals surface area (Å²) in [4.78, 5) is 0. The fourth-order valence-corrected chi connectivity index (χ4v) is 5.75. The van der Waals surface area contributed by atoms with Crippen LogP contribution in [0.15, 0.2) is 60.8 Å². The lowest BCUT2D eigenvalue weighted by Gasteiger charge is -2.21. The summed E-state index contributed by atoms with van der Waals surface area (Å²) in [7, 11) is 0.224. The maximum Gasteiger partial charge on any atom is 0.213 e. The Morgan fingerprint density at radius 2 is 1.39 bits per heavy atom. The van der Waals surface area contributed by atoms with Crippen LogP contribution in [0.3, 0.4) is 0 Å². The molecule has 0 saturated heterocycles. The highest BCUT2D eigenvalue weighted by Crippen LogP contribution is 2.32. The van der Waals surface area contributed by atoms with Gasteiger partial charge in [-0.25, -0.2) is 17.7 Å². The molecule has 4 aromatic rings. The van der Waals surface area contributed by atoms with Crippen LogP contribution in [-0.4, -0.2) is 8.07 Å². The van der Waals surface area contributed by atoms with Gasteiger partial charge in [0, 0.05) is 16.6 Å². The molecule has 0 N–H and O–H groups in total. The molecule has 158 valence electrons. The van der Waals surface area contributed by atoms with Gasteiger partial charge in [0.1, 0.15) is 24.5 Å². The average molecular weight is 437 g/mol. The van der Waals surface area contributed by atoms with Gasteiger partial charge in [0.05, 0.1) is 13.6 Å². The van der Waals surface area contributed by atoms with E-state index in [1.54, 1.807) is 18.2 Å². The Balaban J connectivity index is 2.02. The summed E-state index contributed by atoms with van der Waals surface area (Å²) in [6.45, 7) is 8.73. The van der Waals surface area contributed by atoms with Crippen molar-refractivity contribution in [1.29, 1.82) is 0 Å². The van der Waals surface area contributed by atoms with Crippen molar-refractivity contribution in [2.75, 3.05) is 0 Å². The Labute approximate surface area is 181 Å². The van der Waals surface area contributed by atoms with Crippen LogP contribution >= 0.6 is 0 Å². The van der Waals surface area contributed by atoms with E-state index in [1.165, 1.54) is 35.5 Å². The van der Waals surface area contributed by atoms with E-state index in [2.05, 4.69) is 31.9 Å². The Hall–Kier alpha value is -2.92. The molecule has 5 heteroatoms. The van der Waals surface area contributed by atoms with Gasteiger partial charge in [-0.05, 0) is 59.3 Å². The van der Waals surface area contributed by atoms with Crippen molar-refractivity contribution in [3.05, 3.63) is 83.8 Å². The molecule has 0 radical (unpaired) electrons. The summed E-state index contributed by atoms with van der Waals surface area (Å²) < 4.78 is 44.2. The third-order valence-corrected chi connectivity index (χ3v) is 7.85. The molecule has 0 aliphatic rings. The number of rotatable bonds is 3. The highest BCUT2D eigenvalue weighted by Gasteiger charge is 2.27. The highest BCUT2D eigenvalue weighted by molar-refractivity contribution is 6.89. The van der Waals surface area contributed by atoms with Gasteiger partial charge in [-0.3, -0.25) is 0 Å². The van der Waals surface area contributed by atoms with E-state index in [-0.39, 0.29) is 11.2 Å². The van der Waals surface area contributed by atoms with Crippen LogP contribution in [0.2, 0.25) is 19.6 Å². The minimum absolute atomic E-state index is 0.278. The SMILES string of the molecule is Cc1c(-c2cc(-c3ccc(F)cc3)c([Si](C)(C)C)c[n+]2C)cc(F)c2cc(F)ccc12. The van der Waals surface area contributed by atoms with Gasteiger partial charge in [-0.1, -0.05) is 37.8 Å². The lowest BCUT2D eigenvalue weighted by Crippen LogP contribution is -2.46. The molecule has 1 aromatic heterocycles. The topological polar surface area (TPSA) is 3.88 Å². The molecular weight excluding hydrogens is 411 g/mol. The highest BCUT2D eigenvalue weighted by atomic mass is 28.3. The molecule has 0 fully saturated rings. The Kier molecular flexibility index (Phi) is 5.26. The maximum absolute atomic E-state index is 14.9. The number of fused-ring (bicyclic) bond motifs is 1. The molecule has 0 bridgehead atoms. The summed E-state index contributed by atoms with van der Waals surface area (Å²) in [6, 6.07) is 14.3. The molecule has 0 saturated carbocycles. The third-order valence-electron chi connectivity index (χ3n) is 5.83. The van der Waals surface area contributed by atoms with Crippen molar-refractivity contribution >= 4 is 24.0 Å². The molecule has 0 aliphatic carbocycles. The van der Waals surface area contributed by atoms with Crippen LogP contribution in [0, 0.1) is 24.4 Å². The lowest BCUT2D eigenvalue weighted by molar-refractivity contribution is -0.659. The van der Waals surface area contributed by atoms with Crippen molar-refractivity contribution in [2.24, 2.45) is 7.05 Å². The molecule has 1 nitrogen and oxygen atoms in total. The van der Waals surface area contributed by atoms with Crippen LogP contribution in [-0.2, 0) is 7.05 Å². The molecule has 4 rings (SSSR count). The number of aryl methyl sites for hydroxylation is 2. The summed E-state index contributed by atoms with van der Waals surface area (Å²) in [5.74, 6) is -1.19. The Morgan fingerprint density at radius 3 is 2.03 bits per heavy atom. The fourth-order valence-electron chi connectivity index (χ4n) is 4.15. The first-order chi connectivity index (χ1) is 14.6. The van der Waals surface area contributed by atoms with E-state index < -0.39 is 19.7 Å². The fraction of sp³-hybridized carbons (Fsp3) is 0.192. The monoisotopic (exact) mass is 436 g/mol. The summed E-state index contributed by atoms with van der Waals surface area (Å²) in [5.41, 5.74) is 4.46. The second-order valence-corrected chi connectivity index (χ2v) is 14.1. The molecular formula is C26H25F3NSi+. The average Bonchev–Trinajstić information content (AvgIpc) is 2.70. The zero-order valence-corrected chi connectivity index (χ0v) is 19.4. The number of aromatic nitrogens is 1. The minimum atomic E-state index is -1.73. The van der Waals surface area contributed by atoms with Gasteiger partial charge in [-0.15, -0.1) is 0 Å². The lowest BCUT2D eigenvalue weighted by atomic mass is 9.95. The van der Waals surface area contributed by atoms with Crippen LogP contribution < -0.4 is 9.75 Å². The predicted octanol–water partition coefficient (Wildman–Crippen LogP) is 6.27. The number of benzene rings is 3. The van der Waals surface area contributed by atoms with Gasteiger partial charge < -0.3 is 0 Å². The van der Waals surface area contributed by atoms with Crippen molar-refractivity contribution in [2.45, 2.75) is 26.6 Å². The van der Waals surface area contributed by atoms with Gasteiger partial charge in [0.15, 0.2) is 6.20 Å². The van der Waals surface area contributed by atoms with E-state index >= 15 is 0 Å². The van der Waals surface area contributed by atoms with Gasteiger partial charge >= 0.3 is 0 Å². The zero-order valence-electron chi connectivity index (χ0n) is 18.4. The largest absolute Gasteiger partial charge is 0.213 e. The molecule has 0 atom stereocenters. The first-order valence-corrected chi connectivity index (χ1v) is 13.7. The smallest absolute Gasteiger partial charge is 0.207 e. The number of nitrogens with zero attached hydrogens (tertiary/aromatic N) is 1. The maximum atomic E-state index is 14.9. The normalized spacial score (nSPS) is 11.9. The van der Waals surface area contributed by atoms with Crippen molar-refractivity contribution in [1.82, 2.24) is 0 Å². The van der Waals surface area contributed by atoms with Crippen LogP contribution in [0.5, 0.6) is 0 Å². The van der Waals surface area contributed by atoms with Crippen molar-refractivity contribution in [3.8, 4) is 22.4 Å².